The summed E-state index contributed by atoms with van der Waals surface area (Å²) in [6.45, 7) is 0. The summed E-state index contributed by atoms with van der Waals surface area (Å²) in [5.41, 5.74) is -0.0128. The molecule has 0 aliphatic carbocycles. The first-order valence-corrected chi connectivity index (χ1v) is 9.79. The maximum Gasteiger partial charge on any atom is 0.416 e. The van der Waals surface area contributed by atoms with E-state index in [9.17, 15) is 18.0 Å². The van der Waals surface area contributed by atoms with Gasteiger partial charge in [0.25, 0.3) is 5.91 Å². The van der Waals surface area contributed by atoms with Crippen molar-refractivity contribution in [3.8, 4) is 5.88 Å². The number of para-hydroxylation sites is 1. The van der Waals surface area contributed by atoms with Crippen molar-refractivity contribution in [2.75, 3.05) is 5.32 Å². The average Bonchev–Trinajstić information content (AvgIpc) is 2.78. The Balaban J connectivity index is 1.70. The van der Waals surface area contributed by atoms with Crippen molar-refractivity contribution >= 4 is 34.1 Å². The quantitative estimate of drug-likeness (QED) is 0.395. The molecule has 32 heavy (non-hydrogen) atoms. The van der Waals surface area contributed by atoms with Crippen LogP contribution in [0.1, 0.15) is 17.2 Å². The topological polar surface area (TPSA) is 64.1 Å². The molecule has 0 saturated carbocycles. The number of alkyl halides is 3. The molecule has 162 valence electrons. The van der Waals surface area contributed by atoms with E-state index in [2.05, 4.69) is 15.3 Å². The van der Waals surface area contributed by atoms with Crippen LogP contribution >= 0.6 is 11.6 Å². The monoisotopic (exact) mass is 457 g/mol. The summed E-state index contributed by atoms with van der Waals surface area (Å²) in [6, 6.07) is 18.3. The number of rotatable bonds is 5. The van der Waals surface area contributed by atoms with Crippen LogP contribution in [0.2, 0.25) is 5.02 Å². The molecule has 0 unspecified atom stereocenters. The molecular formula is C23H15ClF3N3O2. The molecule has 0 saturated heterocycles. The van der Waals surface area contributed by atoms with E-state index in [0.717, 1.165) is 18.2 Å². The smallest absolute Gasteiger partial charge is 0.416 e. The van der Waals surface area contributed by atoms with E-state index in [-0.39, 0.29) is 16.6 Å². The molecule has 3 aromatic carbocycles. The van der Waals surface area contributed by atoms with Crippen LogP contribution in [0.5, 0.6) is 5.88 Å². The van der Waals surface area contributed by atoms with E-state index < -0.39 is 23.8 Å². The van der Waals surface area contributed by atoms with E-state index in [4.69, 9.17) is 16.3 Å². The molecule has 1 aromatic heterocycles. The standard InChI is InChI=1S/C23H15ClF3N3O2/c24-17-11-10-15(23(25,26)27)12-19(17)30-21(31)20(14-6-2-1-3-7-14)32-22-16-8-4-5-9-18(16)28-13-29-22/h1-13,20H,(H,30,31)/t20-/m0/s1. The zero-order valence-electron chi connectivity index (χ0n) is 16.3. The van der Waals surface area contributed by atoms with Gasteiger partial charge in [-0.15, -0.1) is 0 Å². The van der Waals surface area contributed by atoms with Gasteiger partial charge in [0.2, 0.25) is 12.0 Å². The van der Waals surface area contributed by atoms with Gasteiger partial charge in [0, 0.05) is 5.56 Å². The van der Waals surface area contributed by atoms with Crippen LogP contribution in [-0.4, -0.2) is 15.9 Å². The fourth-order valence-electron chi connectivity index (χ4n) is 3.08. The fourth-order valence-corrected chi connectivity index (χ4v) is 3.25. The number of nitrogens with zero attached hydrogens (tertiary/aromatic N) is 2. The number of fused-ring (bicyclic) bond motifs is 1. The van der Waals surface area contributed by atoms with Crippen molar-refractivity contribution in [3.63, 3.8) is 0 Å². The Bertz CT molecular complexity index is 1260. The largest absolute Gasteiger partial charge is 0.459 e. The van der Waals surface area contributed by atoms with Crippen LogP contribution in [0.3, 0.4) is 0 Å². The number of benzene rings is 3. The molecule has 0 aliphatic heterocycles. The van der Waals surface area contributed by atoms with Gasteiger partial charge in [-0.1, -0.05) is 54.1 Å². The minimum absolute atomic E-state index is 0.0364. The van der Waals surface area contributed by atoms with Crippen molar-refractivity contribution in [2.24, 2.45) is 0 Å². The predicted molar refractivity (Wildman–Crippen MR) is 114 cm³/mol. The van der Waals surface area contributed by atoms with Crippen LogP contribution in [0.25, 0.3) is 10.9 Å². The number of hydrogen-bond acceptors (Lipinski definition) is 4. The number of aromatic nitrogens is 2. The number of carbonyl (C=O) groups is 1. The molecule has 1 amide bonds. The van der Waals surface area contributed by atoms with Gasteiger partial charge in [0.15, 0.2) is 0 Å². The SMILES string of the molecule is O=C(Nc1cc(C(F)(F)F)ccc1Cl)[C@@H](Oc1ncnc2ccccc12)c1ccccc1. The van der Waals surface area contributed by atoms with Gasteiger partial charge in [0.05, 0.1) is 27.2 Å². The Labute approximate surface area is 185 Å². The second-order valence-electron chi connectivity index (χ2n) is 6.79. The van der Waals surface area contributed by atoms with E-state index >= 15 is 0 Å². The third-order valence-electron chi connectivity index (χ3n) is 4.63. The molecule has 9 heteroatoms. The van der Waals surface area contributed by atoms with Crippen molar-refractivity contribution < 1.29 is 22.7 Å². The molecule has 0 bridgehead atoms. The zero-order chi connectivity index (χ0) is 22.7. The van der Waals surface area contributed by atoms with Crippen molar-refractivity contribution in [1.82, 2.24) is 9.97 Å². The molecule has 0 radical (unpaired) electrons. The number of carbonyl (C=O) groups excluding carboxylic acids is 1. The molecule has 0 fully saturated rings. The predicted octanol–water partition coefficient (Wildman–Crippen LogP) is 6.06. The summed E-state index contributed by atoms with van der Waals surface area (Å²) < 4.78 is 45.3. The third kappa shape index (κ3) is 4.65. The lowest BCUT2D eigenvalue weighted by Gasteiger charge is -2.20. The molecule has 1 N–H and O–H groups in total. The molecule has 4 rings (SSSR count). The van der Waals surface area contributed by atoms with Gasteiger partial charge in [-0.05, 0) is 30.3 Å². The summed E-state index contributed by atoms with van der Waals surface area (Å²) in [7, 11) is 0. The van der Waals surface area contributed by atoms with Crippen LogP contribution in [0, 0.1) is 0 Å². The van der Waals surface area contributed by atoms with Crippen molar-refractivity contribution in [2.45, 2.75) is 12.3 Å². The summed E-state index contributed by atoms with van der Waals surface area (Å²) in [6.07, 6.45) is -4.49. The number of amides is 1. The zero-order valence-corrected chi connectivity index (χ0v) is 17.1. The summed E-state index contributed by atoms with van der Waals surface area (Å²) in [5, 5.41) is 3.00. The Morgan fingerprint density at radius 1 is 0.969 bits per heavy atom. The number of hydrogen-bond donors (Lipinski definition) is 1. The van der Waals surface area contributed by atoms with Gasteiger partial charge in [-0.3, -0.25) is 4.79 Å². The Morgan fingerprint density at radius 3 is 2.44 bits per heavy atom. The Hall–Kier alpha value is -3.65. The number of anilines is 1. The van der Waals surface area contributed by atoms with Crippen LogP contribution in [0.4, 0.5) is 18.9 Å². The highest BCUT2D eigenvalue weighted by Crippen LogP contribution is 2.35. The number of nitrogens with one attached hydrogen (secondary N) is 1. The van der Waals surface area contributed by atoms with E-state index in [1.165, 1.54) is 6.33 Å². The molecule has 4 aromatic rings. The maximum absolute atomic E-state index is 13.1. The van der Waals surface area contributed by atoms with Gasteiger partial charge >= 0.3 is 6.18 Å². The highest BCUT2D eigenvalue weighted by Gasteiger charge is 2.32. The lowest BCUT2D eigenvalue weighted by atomic mass is 10.1. The van der Waals surface area contributed by atoms with Gasteiger partial charge < -0.3 is 10.1 Å². The highest BCUT2D eigenvalue weighted by molar-refractivity contribution is 6.33. The van der Waals surface area contributed by atoms with Gasteiger partial charge in [-0.2, -0.15) is 13.2 Å². The third-order valence-corrected chi connectivity index (χ3v) is 4.96. The summed E-state index contributed by atoms with van der Waals surface area (Å²) in [5.74, 6) is -0.546. The maximum atomic E-state index is 13.1. The Kier molecular flexibility index (Phi) is 5.96. The van der Waals surface area contributed by atoms with Crippen LogP contribution in [-0.2, 0) is 11.0 Å². The van der Waals surface area contributed by atoms with Gasteiger partial charge in [0.1, 0.15) is 6.33 Å². The fraction of sp³-hybridized carbons (Fsp3) is 0.0870. The minimum Gasteiger partial charge on any atom is -0.459 e. The summed E-state index contributed by atoms with van der Waals surface area (Å²) in [4.78, 5) is 21.4. The first-order valence-electron chi connectivity index (χ1n) is 9.42. The van der Waals surface area contributed by atoms with Crippen molar-refractivity contribution in [3.05, 3.63) is 95.3 Å². The minimum atomic E-state index is -4.58. The number of halogens is 4. The first-order chi connectivity index (χ1) is 15.3. The summed E-state index contributed by atoms with van der Waals surface area (Å²) >= 11 is 6.04. The molecule has 0 aliphatic rings. The van der Waals surface area contributed by atoms with Crippen LogP contribution in [0.15, 0.2) is 79.1 Å². The Morgan fingerprint density at radius 2 is 1.69 bits per heavy atom. The lowest BCUT2D eigenvalue weighted by molar-refractivity contribution is -0.137. The molecule has 1 heterocycles. The van der Waals surface area contributed by atoms with Gasteiger partial charge in [-0.25, -0.2) is 9.97 Å². The number of ether oxygens (including phenoxy) is 1. The lowest BCUT2D eigenvalue weighted by Crippen LogP contribution is -2.26. The molecule has 1 atom stereocenters. The second-order valence-corrected chi connectivity index (χ2v) is 7.19. The van der Waals surface area contributed by atoms with E-state index in [1.807, 2.05) is 0 Å². The molecule has 0 spiro atoms. The second kappa shape index (κ2) is 8.84. The van der Waals surface area contributed by atoms with E-state index in [0.29, 0.717) is 16.5 Å². The molecular weight excluding hydrogens is 443 g/mol. The molecule has 5 nitrogen and oxygen atoms in total. The van der Waals surface area contributed by atoms with Crippen LogP contribution < -0.4 is 10.1 Å². The average molecular weight is 458 g/mol. The van der Waals surface area contributed by atoms with E-state index in [1.54, 1.807) is 54.6 Å². The normalized spacial score (nSPS) is 12.4. The first kappa shape index (κ1) is 21.6. The van der Waals surface area contributed by atoms with Crippen molar-refractivity contribution in [1.29, 1.82) is 0 Å². The highest BCUT2D eigenvalue weighted by atomic mass is 35.5.